The fraction of sp³-hybridized carbons (Fsp3) is 0.714. The Kier molecular flexibility index (Phi) is 3.67. The summed E-state index contributed by atoms with van der Waals surface area (Å²) in [5, 5.41) is 12.9. The van der Waals surface area contributed by atoms with Crippen LogP contribution in [-0.4, -0.2) is 26.8 Å². The molecule has 2 unspecified atom stereocenters. The molecule has 0 spiro atoms. The van der Waals surface area contributed by atoms with E-state index < -0.39 is 0 Å². The number of anilines is 1. The summed E-state index contributed by atoms with van der Waals surface area (Å²) in [6, 6.07) is 0.0950. The SMILES string of the molecule is CC(C)Cn1ccnc(NC2CC(O)C2(C)C)c1=O. The van der Waals surface area contributed by atoms with Gasteiger partial charge in [-0.25, -0.2) is 4.98 Å². The Morgan fingerprint density at radius 3 is 2.79 bits per heavy atom. The summed E-state index contributed by atoms with van der Waals surface area (Å²) >= 11 is 0. The average Bonchev–Trinajstić information content (AvgIpc) is 2.33. The lowest BCUT2D eigenvalue weighted by Gasteiger charge is -2.49. The minimum absolute atomic E-state index is 0.0895. The summed E-state index contributed by atoms with van der Waals surface area (Å²) in [6.07, 6.45) is 3.71. The maximum absolute atomic E-state index is 12.2. The number of aromatic nitrogens is 2. The van der Waals surface area contributed by atoms with Gasteiger partial charge in [0.25, 0.3) is 5.56 Å². The molecule has 1 heterocycles. The predicted molar refractivity (Wildman–Crippen MR) is 75.2 cm³/mol. The van der Waals surface area contributed by atoms with Gasteiger partial charge in [0.15, 0.2) is 5.82 Å². The van der Waals surface area contributed by atoms with Crippen LogP contribution in [0.3, 0.4) is 0 Å². The number of hydrogen-bond donors (Lipinski definition) is 2. The molecule has 2 rings (SSSR count). The van der Waals surface area contributed by atoms with E-state index in [1.54, 1.807) is 17.0 Å². The highest BCUT2D eigenvalue weighted by Gasteiger charge is 2.47. The van der Waals surface area contributed by atoms with E-state index in [4.69, 9.17) is 0 Å². The molecular weight excluding hydrogens is 242 g/mol. The van der Waals surface area contributed by atoms with Crippen molar-refractivity contribution in [1.29, 1.82) is 0 Å². The van der Waals surface area contributed by atoms with Crippen LogP contribution in [0.2, 0.25) is 0 Å². The van der Waals surface area contributed by atoms with Crippen LogP contribution < -0.4 is 10.9 Å². The zero-order chi connectivity index (χ0) is 14.2. The summed E-state index contributed by atoms with van der Waals surface area (Å²) in [5.41, 5.74) is -0.305. The lowest BCUT2D eigenvalue weighted by Crippen LogP contribution is -2.57. The van der Waals surface area contributed by atoms with E-state index in [-0.39, 0.29) is 23.1 Å². The predicted octanol–water partition coefficient (Wildman–Crippen LogP) is 1.47. The number of rotatable bonds is 4. The van der Waals surface area contributed by atoms with Gasteiger partial charge in [-0.2, -0.15) is 0 Å². The van der Waals surface area contributed by atoms with Gasteiger partial charge in [-0.15, -0.1) is 0 Å². The van der Waals surface area contributed by atoms with Gasteiger partial charge in [0.05, 0.1) is 6.10 Å². The third-order valence-electron chi connectivity index (χ3n) is 4.00. The molecule has 106 valence electrons. The molecule has 1 fully saturated rings. The second-order valence-electron chi connectivity index (χ2n) is 6.40. The van der Waals surface area contributed by atoms with Crippen molar-refractivity contribution in [2.45, 2.75) is 52.8 Å². The zero-order valence-electron chi connectivity index (χ0n) is 12.1. The summed E-state index contributed by atoms with van der Waals surface area (Å²) in [4.78, 5) is 16.4. The first-order valence-electron chi connectivity index (χ1n) is 6.82. The third kappa shape index (κ3) is 2.66. The molecule has 5 nitrogen and oxygen atoms in total. The minimum atomic E-state index is -0.313. The highest BCUT2D eigenvalue weighted by molar-refractivity contribution is 5.35. The van der Waals surface area contributed by atoms with Crippen LogP contribution >= 0.6 is 0 Å². The maximum Gasteiger partial charge on any atom is 0.293 e. The van der Waals surface area contributed by atoms with Gasteiger partial charge < -0.3 is 15.0 Å². The molecule has 5 heteroatoms. The summed E-state index contributed by atoms with van der Waals surface area (Å²) < 4.78 is 1.68. The zero-order valence-corrected chi connectivity index (χ0v) is 12.1. The molecule has 0 aliphatic heterocycles. The Bertz CT molecular complexity index is 508. The summed E-state index contributed by atoms with van der Waals surface area (Å²) in [5.74, 6) is 0.794. The first-order valence-corrected chi connectivity index (χ1v) is 6.82. The third-order valence-corrected chi connectivity index (χ3v) is 4.00. The van der Waals surface area contributed by atoms with Crippen molar-refractivity contribution in [2.75, 3.05) is 5.32 Å². The normalized spacial score (nSPS) is 25.2. The molecule has 0 bridgehead atoms. The van der Waals surface area contributed by atoms with E-state index in [1.807, 2.05) is 13.8 Å². The van der Waals surface area contributed by atoms with Crippen molar-refractivity contribution in [3.05, 3.63) is 22.7 Å². The molecule has 2 atom stereocenters. The van der Waals surface area contributed by atoms with Crippen molar-refractivity contribution in [1.82, 2.24) is 9.55 Å². The Balaban J connectivity index is 2.16. The largest absolute Gasteiger partial charge is 0.392 e. The molecule has 0 saturated heterocycles. The number of nitrogens with one attached hydrogen (secondary N) is 1. The Labute approximate surface area is 113 Å². The Hall–Kier alpha value is -1.36. The fourth-order valence-electron chi connectivity index (χ4n) is 2.40. The summed E-state index contributed by atoms with van der Waals surface area (Å²) in [6.45, 7) is 8.83. The molecule has 1 aromatic heterocycles. The smallest absolute Gasteiger partial charge is 0.293 e. The van der Waals surface area contributed by atoms with Crippen LogP contribution in [0, 0.1) is 11.3 Å². The van der Waals surface area contributed by atoms with Crippen molar-refractivity contribution in [3.8, 4) is 0 Å². The molecule has 19 heavy (non-hydrogen) atoms. The second-order valence-corrected chi connectivity index (χ2v) is 6.40. The molecule has 2 N–H and O–H groups in total. The lowest BCUT2D eigenvalue weighted by molar-refractivity contribution is -0.0512. The van der Waals surface area contributed by atoms with Crippen LogP contribution in [0.5, 0.6) is 0 Å². The second kappa shape index (κ2) is 4.96. The fourth-order valence-corrected chi connectivity index (χ4v) is 2.40. The van der Waals surface area contributed by atoms with Crippen molar-refractivity contribution in [3.63, 3.8) is 0 Å². The number of nitrogens with zero attached hydrogens (tertiary/aromatic N) is 2. The van der Waals surface area contributed by atoms with Gasteiger partial charge in [-0.1, -0.05) is 27.7 Å². The van der Waals surface area contributed by atoms with Crippen LogP contribution in [0.25, 0.3) is 0 Å². The van der Waals surface area contributed by atoms with E-state index in [9.17, 15) is 9.90 Å². The van der Waals surface area contributed by atoms with Crippen LogP contribution in [0.1, 0.15) is 34.1 Å². The van der Waals surface area contributed by atoms with Gasteiger partial charge in [0.2, 0.25) is 0 Å². The highest BCUT2D eigenvalue weighted by atomic mass is 16.3. The summed E-state index contributed by atoms with van der Waals surface area (Å²) in [7, 11) is 0. The van der Waals surface area contributed by atoms with Gasteiger partial charge in [0, 0.05) is 30.4 Å². The molecule has 0 amide bonds. The molecule has 0 aromatic carbocycles. The van der Waals surface area contributed by atoms with Gasteiger partial charge in [-0.05, 0) is 12.3 Å². The number of aliphatic hydroxyl groups is 1. The average molecular weight is 265 g/mol. The molecule has 1 aliphatic carbocycles. The van der Waals surface area contributed by atoms with Crippen molar-refractivity contribution in [2.24, 2.45) is 11.3 Å². The monoisotopic (exact) mass is 265 g/mol. The van der Waals surface area contributed by atoms with Gasteiger partial charge in [-0.3, -0.25) is 4.79 Å². The number of aliphatic hydroxyl groups excluding tert-OH is 1. The van der Waals surface area contributed by atoms with Crippen molar-refractivity contribution < 1.29 is 5.11 Å². The maximum atomic E-state index is 12.2. The first-order chi connectivity index (χ1) is 8.82. The van der Waals surface area contributed by atoms with Gasteiger partial charge >= 0.3 is 0 Å². The van der Waals surface area contributed by atoms with Crippen LogP contribution in [0.4, 0.5) is 5.82 Å². The van der Waals surface area contributed by atoms with E-state index in [0.29, 0.717) is 24.7 Å². The molecule has 0 radical (unpaired) electrons. The molecule has 1 aromatic rings. The first kappa shape index (κ1) is 14.1. The number of hydrogen-bond acceptors (Lipinski definition) is 4. The Morgan fingerprint density at radius 1 is 1.58 bits per heavy atom. The molecular formula is C14H23N3O2. The van der Waals surface area contributed by atoms with Gasteiger partial charge in [0.1, 0.15) is 0 Å². The Morgan fingerprint density at radius 2 is 2.26 bits per heavy atom. The highest BCUT2D eigenvalue weighted by Crippen LogP contribution is 2.41. The standard InChI is InChI=1S/C14H23N3O2/c1-9(2)8-17-6-5-15-12(13(17)19)16-10-7-11(18)14(10,3)4/h5-6,9-11,18H,7-8H2,1-4H3,(H,15,16). The topological polar surface area (TPSA) is 67.2 Å². The van der Waals surface area contributed by atoms with Crippen LogP contribution in [0.15, 0.2) is 17.2 Å². The van der Waals surface area contributed by atoms with Crippen LogP contribution in [-0.2, 0) is 6.54 Å². The quantitative estimate of drug-likeness (QED) is 0.865. The van der Waals surface area contributed by atoms with E-state index in [2.05, 4.69) is 24.1 Å². The molecule has 1 aliphatic rings. The lowest BCUT2D eigenvalue weighted by atomic mass is 9.64. The minimum Gasteiger partial charge on any atom is -0.392 e. The van der Waals surface area contributed by atoms with Crippen molar-refractivity contribution >= 4 is 5.82 Å². The van der Waals surface area contributed by atoms with E-state index >= 15 is 0 Å². The molecule has 1 saturated carbocycles. The van der Waals surface area contributed by atoms with E-state index in [0.717, 1.165) is 0 Å². The van der Waals surface area contributed by atoms with E-state index in [1.165, 1.54) is 0 Å².